The highest BCUT2D eigenvalue weighted by Gasteiger charge is 2.50. The van der Waals surface area contributed by atoms with Crippen LogP contribution < -0.4 is 14.7 Å². The van der Waals surface area contributed by atoms with E-state index in [0.717, 1.165) is 30.9 Å². The molecule has 26 heavy (non-hydrogen) atoms. The first-order chi connectivity index (χ1) is 12.6. The molecule has 2 aliphatic carbocycles. The van der Waals surface area contributed by atoms with Crippen LogP contribution >= 0.6 is 0 Å². The van der Waals surface area contributed by atoms with Crippen molar-refractivity contribution in [1.29, 1.82) is 0 Å². The number of anilines is 1. The SMILES string of the molecule is COc1cccc(N2CCN(C(=O)[C@H]3[C@@H](C(=O)[O-])[C@@H]4C=C[C@H]3C4)CC2)c1. The van der Waals surface area contributed by atoms with Gasteiger partial charge in [-0.2, -0.15) is 0 Å². The summed E-state index contributed by atoms with van der Waals surface area (Å²) in [5.74, 6) is -1.43. The minimum atomic E-state index is -1.09. The zero-order valence-electron chi connectivity index (χ0n) is 14.8. The molecule has 0 aromatic heterocycles. The van der Waals surface area contributed by atoms with Crippen molar-refractivity contribution in [2.24, 2.45) is 23.7 Å². The number of allylic oxidation sites excluding steroid dienone is 2. The van der Waals surface area contributed by atoms with Crippen LogP contribution in [0.2, 0.25) is 0 Å². The van der Waals surface area contributed by atoms with Gasteiger partial charge in [-0.25, -0.2) is 0 Å². The van der Waals surface area contributed by atoms with Gasteiger partial charge in [-0.15, -0.1) is 0 Å². The molecule has 1 aromatic rings. The second-order valence-corrected chi connectivity index (χ2v) is 7.33. The molecule has 1 saturated heterocycles. The smallest absolute Gasteiger partial charge is 0.227 e. The van der Waals surface area contributed by atoms with Gasteiger partial charge in [0.15, 0.2) is 0 Å². The number of rotatable bonds is 4. The van der Waals surface area contributed by atoms with E-state index in [1.807, 2.05) is 41.3 Å². The van der Waals surface area contributed by atoms with Crippen LogP contribution in [0.1, 0.15) is 6.42 Å². The van der Waals surface area contributed by atoms with Gasteiger partial charge in [0.1, 0.15) is 5.75 Å². The number of hydrogen-bond acceptors (Lipinski definition) is 5. The third-order valence-electron chi connectivity index (χ3n) is 6.03. The summed E-state index contributed by atoms with van der Waals surface area (Å²) in [6.45, 7) is 2.66. The Morgan fingerprint density at radius 3 is 2.42 bits per heavy atom. The number of carboxylic acids is 1. The molecule has 6 heteroatoms. The van der Waals surface area contributed by atoms with Crippen molar-refractivity contribution in [3.05, 3.63) is 36.4 Å². The average Bonchev–Trinajstić information content (AvgIpc) is 3.29. The number of carbonyl (C=O) groups is 2. The molecule has 1 saturated carbocycles. The van der Waals surface area contributed by atoms with E-state index >= 15 is 0 Å². The van der Waals surface area contributed by atoms with Gasteiger partial charge >= 0.3 is 0 Å². The van der Waals surface area contributed by atoms with E-state index in [4.69, 9.17) is 4.74 Å². The lowest BCUT2D eigenvalue weighted by Gasteiger charge is -2.39. The van der Waals surface area contributed by atoms with Gasteiger partial charge in [-0.1, -0.05) is 18.2 Å². The number of hydrogen-bond donors (Lipinski definition) is 0. The Labute approximate surface area is 153 Å². The van der Waals surface area contributed by atoms with Crippen molar-refractivity contribution in [3.63, 3.8) is 0 Å². The van der Waals surface area contributed by atoms with Crippen molar-refractivity contribution in [3.8, 4) is 5.75 Å². The lowest BCUT2D eigenvalue weighted by Crippen LogP contribution is -2.53. The van der Waals surface area contributed by atoms with E-state index < -0.39 is 17.8 Å². The quantitative estimate of drug-likeness (QED) is 0.737. The molecule has 1 amide bonds. The van der Waals surface area contributed by atoms with E-state index in [2.05, 4.69) is 4.90 Å². The topological polar surface area (TPSA) is 72.9 Å². The van der Waals surface area contributed by atoms with Crippen LogP contribution in [0.5, 0.6) is 5.75 Å². The number of aliphatic carboxylic acids is 1. The fourth-order valence-electron chi connectivity index (χ4n) is 4.68. The van der Waals surface area contributed by atoms with E-state index in [0.29, 0.717) is 13.1 Å². The average molecular weight is 355 g/mol. The molecule has 2 bridgehead atoms. The first-order valence-electron chi connectivity index (χ1n) is 9.15. The van der Waals surface area contributed by atoms with Gasteiger partial charge < -0.3 is 24.4 Å². The number of amides is 1. The largest absolute Gasteiger partial charge is 0.550 e. The number of carbonyl (C=O) groups excluding carboxylic acids is 2. The molecule has 4 rings (SSSR count). The predicted octanol–water partition coefficient (Wildman–Crippen LogP) is 0.532. The normalized spacial score (nSPS) is 29.9. The van der Waals surface area contributed by atoms with E-state index in [1.54, 1.807) is 7.11 Å². The maximum atomic E-state index is 13.0. The molecule has 3 aliphatic rings. The minimum absolute atomic E-state index is 0.0265. The van der Waals surface area contributed by atoms with Crippen molar-refractivity contribution >= 4 is 17.6 Å². The second-order valence-electron chi connectivity index (χ2n) is 7.33. The summed E-state index contributed by atoms with van der Waals surface area (Å²) in [7, 11) is 1.65. The van der Waals surface area contributed by atoms with Gasteiger partial charge in [0, 0.05) is 49.8 Å². The fourth-order valence-corrected chi connectivity index (χ4v) is 4.68. The predicted molar refractivity (Wildman–Crippen MR) is 94.5 cm³/mol. The summed E-state index contributed by atoms with van der Waals surface area (Å²) in [6.07, 6.45) is 4.72. The lowest BCUT2D eigenvalue weighted by molar-refractivity contribution is -0.313. The van der Waals surface area contributed by atoms with E-state index in [1.165, 1.54) is 0 Å². The van der Waals surface area contributed by atoms with Crippen molar-refractivity contribution < 1.29 is 19.4 Å². The Morgan fingerprint density at radius 2 is 1.77 bits per heavy atom. The van der Waals surface area contributed by atoms with Gasteiger partial charge in [0.05, 0.1) is 13.0 Å². The van der Waals surface area contributed by atoms with Crippen molar-refractivity contribution in [2.75, 3.05) is 38.2 Å². The fraction of sp³-hybridized carbons (Fsp3) is 0.500. The molecule has 0 radical (unpaired) electrons. The number of fused-ring (bicyclic) bond motifs is 2. The number of ether oxygens (including phenoxy) is 1. The van der Waals surface area contributed by atoms with E-state index in [9.17, 15) is 14.7 Å². The molecule has 0 N–H and O–H groups in total. The molecule has 0 spiro atoms. The number of benzene rings is 1. The van der Waals surface area contributed by atoms with Gasteiger partial charge in [0.2, 0.25) is 5.91 Å². The monoisotopic (exact) mass is 355 g/mol. The second kappa shape index (κ2) is 6.67. The lowest BCUT2D eigenvalue weighted by atomic mass is 9.82. The Morgan fingerprint density at radius 1 is 1.08 bits per heavy atom. The van der Waals surface area contributed by atoms with Crippen LogP contribution in [0.3, 0.4) is 0 Å². The molecule has 138 valence electrons. The number of carboxylic acid groups (broad SMARTS) is 1. The molecule has 1 aliphatic heterocycles. The maximum absolute atomic E-state index is 13.0. The third-order valence-corrected chi connectivity index (χ3v) is 6.03. The van der Waals surface area contributed by atoms with Crippen LogP contribution in [0.15, 0.2) is 36.4 Å². The first-order valence-corrected chi connectivity index (χ1v) is 9.15. The van der Waals surface area contributed by atoms with Crippen LogP contribution in [0.4, 0.5) is 5.69 Å². The molecule has 0 unspecified atom stereocenters. The Hall–Kier alpha value is -2.50. The molecule has 6 nitrogen and oxygen atoms in total. The highest BCUT2D eigenvalue weighted by molar-refractivity contribution is 5.86. The van der Waals surface area contributed by atoms with Crippen LogP contribution in [0.25, 0.3) is 0 Å². The third kappa shape index (κ3) is 2.83. The highest BCUT2D eigenvalue weighted by atomic mass is 16.5. The molecular formula is C20H23N2O4-. The Bertz CT molecular complexity index is 739. The zero-order valence-corrected chi connectivity index (χ0v) is 14.8. The van der Waals surface area contributed by atoms with Crippen LogP contribution in [-0.4, -0.2) is 50.1 Å². The Balaban J connectivity index is 1.42. The molecule has 2 fully saturated rings. The zero-order chi connectivity index (χ0) is 18.3. The van der Waals surface area contributed by atoms with E-state index in [-0.39, 0.29) is 17.7 Å². The standard InChI is InChI=1S/C20H24N2O4/c1-26-16-4-2-3-15(12-16)21-7-9-22(10-8-21)19(23)17-13-5-6-14(11-13)18(17)20(24)25/h2-6,12-14,17-18H,7-11H2,1H3,(H,24,25)/p-1/t13-,14+,17+,18-/m0/s1. The van der Waals surface area contributed by atoms with Crippen molar-refractivity contribution in [2.45, 2.75) is 6.42 Å². The summed E-state index contributed by atoms with van der Waals surface area (Å²) in [6, 6.07) is 7.89. The number of methoxy groups -OCH3 is 1. The number of nitrogens with zero attached hydrogens (tertiary/aromatic N) is 2. The van der Waals surface area contributed by atoms with Gasteiger partial charge in [-0.3, -0.25) is 4.79 Å². The summed E-state index contributed by atoms with van der Waals surface area (Å²) in [5, 5.41) is 11.6. The molecule has 4 atom stereocenters. The van der Waals surface area contributed by atoms with Crippen LogP contribution in [0, 0.1) is 23.7 Å². The summed E-state index contributed by atoms with van der Waals surface area (Å²) >= 11 is 0. The molecular weight excluding hydrogens is 332 g/mol. The van der Waals surface area contributed by atoms with Crippen LogP contribution in [-0.2, 0) is 9.59 Å². The molecule has 1 heterocycles. The van der Waals surface area contributed by atoms with Gasteiger partial charge in [0.25, 0.3) is 0 Å². The highest BCUT2D eigenvalue weighted by Crippen LogP contribution is 2.48. The summed E-state index contributed by atoms with van der Waals surface area (Å²) < 4.78 is 5.28. The van der Waals surface area contributed by atoms with Gasteiger partial charge in [-0.05, 0) is 30.4 Å². The van der Waals surface area contributed by atoms with Crippen molar-refractivity contribution in [1.82, 2.24) is 4.90 Å². The minimum Gasteiger partial charge on any atom is -0.550 e. The number of piperazine rings is 1. The summed E-state index contributed by atoms with van der Waals surface area (Å²) in [5.41, 5.74) is 1.08. The summed E-state index contributed by atoms with van der Waals surface area (Å²) in [4.78, 5) is 28.6. The molecule has 1 aromatic carbocycles. The Kier molecular flexibility index (Phi) is 4.34. The maximum Gasteiger partial charge on any atom is 0.227 e. The first kappa shape index (κ1) is 16.9.